The molecule has 1 aromatic carbocycles. The van der Waals surface area contributed by atoms with Crippen molar-refractivity contribution in [3.05, 3.63) is 29.8 Å². The van der Waals surface area contributed by atoms with Gasteiger partial charge in [0.25, 0.3) is 0 Å². The highest BCUT2D eigenvalue weighted by molar-refractivity contribution is 7.46. The summed E-state index contributed by atoms with van der Waals surface area (Å²) in [5, 5.41) is 0. The van der Waals surface area contributed by atoms with Gasteiger partial charge in [-0.1, -0.05) is 38.0 Å². The highest BCUT2D eigenvalue weighted by Crippen LogP contribution is 2.39. The van der Waals surface area contributed by atoms with E-state index in [4.69, 9.17) is 9.79 Å². The summed E-state index contributed by atoms with van der Waals surface area (Å²) in [6, 6.07) is 6.96. The molecule has 0 unspecified atom stereocenters. The summed E-state index contributed by atoms with van der Waals surface area (Å²) in [4.78, 5) is 17.5. The fourth-order valence-electron chi connectivity index (χ4n) is 1.49. The minimum atomic E-state index is -4.45. The molecule has 4 nitrogen and oxygen atoms in total. The second-order valence-electron chi connectivity index (χ2n) is 3.65. The lowest BCUT2D eigenvalue weighted by Crippen LogP contribution is -1.95. The fourth-order valence-corrected chi connectivity index (χ4v) is 1.93. The number of aryl methyl sites for hydroxylation is 1. The Kier molecular flexibility index (Phi) is 5.00. The van der Waals surface area contributed by atoms with Gasteiger partial charge in [0.2, 0.25) is 0 Å². The van der Waals surface area contributed by atoms with Crippen molar-refractivity contribution in [2.24, 2.45) is 0 Å². The Balaban J connectivity index is 2.71. The van der Waals surface area contributed by atoms with Crippen LogP contribution in [0, 0.1) is 0 Å². The monoisotopic (exact) mass is 244 g/mol. The van der Waals surface area contributed by atoms with Gasteiger partial charge in [-0.05, 0) is 24.5 Å². The Morgan fingerprint density at radius 1 is 1.25 bits per heavy atom. The van der Waals surface area contributed by atoms with Gasteiger partial charge >= 0.3 is 7.82 Å². The van der Waals surface area contributed by atoms with Crippen molar-refractivity contribution in [3.8, 4) is 5.75 Å². The van der Waals surface area contributed by atoms with Crippen LogP contribution >= 0.6 is 7.82 Å². The summed E-state index contributed by atoms with van der Waals surface area (Å²) in [6.07, 6.45) is 3.99. The third-order valence-corrected chi connectivity index (χ3v) is 2.67. The number of hydrogen-bond acceptors (Lipinski definition) is 2. The molecular formula is C11H17O4P. The number of benzene rings is 1. The van der Waals surface area contributed by atoms with Crippen LogP contribution in [-0.4, -0.2) is 9.79 Å². The third kappa shape index (κ3) is 4.79. The van der Waals surface area contributed by atoms with Crippen LogP contribution < -0.4 is 4.52 Å². The molecule has 0 saturated carbocycles. The Hall–Kier alpha value is -0.830. The summed E-state index contributed by atoms with van der Waals surface area (Å²) in [6.45, 7) is 2.11. The molecule has 90 valence electrons. The maximum absolute atomic E-state index is 10.8. The Morgan fingerprint density at radius 3 is 2.56 bits per heavy atom. The molecule has 1 rings (SSSR count). The predicted octanol–water partition coefficient (Wildman–Crippen LogP) is 2.89. The zero-order valence-electron chi connectivity index (χ0n) is 9.30. The van der Waals surface area contributed by atoms with Crippen LogP contribution in [0.4, 0.5) is 0 Å². The Bertz CT molecular complexity index is 372. The first-order valence-electron chi connectivity index (χ1n) is 5.36. The molecule has 0 bridgehead atoms. The number of phosphoric acid groups is 1. The molecule has 0 heterocycles. The SMILES string of the molecule is CCCCCc1ccccc1OP(=O)(O)O. The van der Waals surface area contributed by atoms with E-state index in [9.17, 15) is 4.57 Å². The lowest BCUT2D eigenvalue weighted by molar-refractivity contribution is 0.282. The molecule has 0 radical (unpaired) electrons. The van der Waals surface area contributed by atoms with Crippen LogP contribution in [0.5, 0.6) is 5.75 Å². The lowest BCUT2D eigenvalue weighted by atomic mass is 10.1. The van der Waals surface area contributed by atoms with Gasteiger partial charge in [0.05, 0.1) is 0 Å². The average Bonchev–Trinajstić information content (AvgIpc) is 2.19. The van der Waals surface area contributed by atoms with E-state index in [2.05, 4.69) is 11.4 Å². The predicted molar refractivity (Wildman–Crippen MR) is 62.3 cm³/mol. The summed E-state index contributed by atoms with van der Waals surface area (Å²) in [5.74, 6) is 0.284. The van der Waals surface area contributed by atoms with Crippen molar-refractivity contribution in [3.63, 3.8) is 0 Å². The molecule has 0 spiro atoms. The van der Waals surface area contributed by atoms with Crippen LogP contribution in [0.3, 0.4) is 0 Å². The van der Waals surface area contributed by atoms with Gasteiger partial charge in [-0.25, -0.2) is 4.57 Å². The van der Waals surface area contributed by atoms with E-state index in [-0.39, 0.29) is 5.75 Å². The number of hydrogen-bond donors (Lipinski definition) is 2. The summed E-state index contributed by atoms with van der Waals surface area (Å²) in [7, 11) is -4.45. The Morgan fingerprint density at radius 2 is 1.94 bits per heavy atom. The zero-order chi connectivity index (χ0) is 12.0. The van der Waals surface area contributed by atoms with E-state index in [0.29, 0.717) is 0 Å². The molecule has 5 heteroatoms. The quantitative estimate of drug-likeness (QED) is 0.596. The molecule has 2 N–H and O–H groups in total. The molecule has 0 amide bonds. The molecule has 1 aromatic rings. The molecular weight excluding hydrogens is 227 g/mol. The van der Waals surface area contributed by atoms with Gasteiger partial charge < -0.3 is 4.52 Å². The van der Waals surface area contributed by atoms with Crippen LogP contribution in [-0.2, 0) is 11.0 Å². The minimum Gasteiger partial charge on any atom is -0.404 e. The Labute approximate surface area is 95.5 Å². The van der Waals surface area contributed by atoms with E-state index in [0.717, 1.165) is 31.2 Å². The third-order valence-electron chi connectivity index (χ3n) is 2.24. The molecule has 0 saturated heterocycles. The smallest absolute Gasteiger partial charge is 0.404 e. The van der Waals surface area contributed by atoms with Gasteiger partial charge in [0.1, 0.15) is 5.75 Å². The second kappa shape index (κ2) is 6.04. The lowest BCUT2D eigenvalue weighted by Gasteiger charge is -2.11. The minimum absolute atomic E-state index is 0.284. The van der Waals surface area contributed by atoms with Crippen molar-refractivity contribution < 1.29 is 18.9 Å². The highest BCUT2D eigenvalue weighted by Gasteiger charge is 2.17. The zero-order valence-corrected chi connectivity index (χ0v) is 10.2. The van der Waals surface area contributed by atoms with Crippen molar-refractivity contribution in [2.75, 3.05) is 0 Å². The molecule has 0 aliphatic heterocycles. The highest BCUT2D eigenvalue weighted by atomic mass is 31.2. The van der Waals surface area contributed by atoms with Gasteiger partial charge in [0.15, 0.2) is 0 Å². The summed E-state index contributed by atoms with van der Waals surface area (Å²) in [5.41, 5.74) is 0.847. The van der Waals surface area contributed by atoms with Crippen molar-refractivity contribution in [1.82, 2.24) is 0 Å². The van der Waals surface area contributed by atoms with Gasteiger partial charge in [-0.3, -0.25) is 9.79 Å². The van der Waals surface area contributed by atoms with Crippen LogP contribution in [0.2, 0.25) is 0 Å². The molecule has 0 atom stereocenters. The van der Waals surface area contributed by atoms with E-state index in [1.807, 2.05) is 12.1 Å². The maximum Gasteiger partial charge on any atom is 0.524 e. The average molecular weight is 244 g/mol. The number of phosphoric ester groups is 1. The van der Waals surface area contributed by atoms with Crippen molar-refractivity contribution in [2.45, 2.75) is 32.6 Å². The van der Waals surface area contributed by atoms with E-state index < -0.39 is 7.82 Å². The fraction of sp³-hybridized carbons (Fsp3) is 0.455. The second-order valence-corrected chi connectivity index (χ2v) is 4.81. The van der Waals surface area contributed by atoms with Gasteiger partial charge in [-0.2, -0.15) is 0 Å². The first-order chi connectivity index (χ1) is 7.53. The van der Waals surface area contributed by atoms with Crippen molar-refractivity contribution >= 4 is 7.82 Å². The normalized spacial score (nSPS) is 11.4. The molecule has 0 aromatic heterocycles. The van der Waals surface area contributed by atoms with Crippen LogP contribution in [0.15, 0.2) is 24.3 Å². The van der Waals surface area contributed by atoms with E-state index in [1.54, 1.807) is 12.1 Å². The molecule has 16 heavy (non-hydrogen) atoms. The standard InChI is InChI=1S/C11H17O4P/c1-2-3-4-7-10-8-5-6-9-11(10)15-16(12,13)14/h5-6,8-9H,2-4,7H2,1H3,(H2,12,13,14). The molecule has 0 aliphatic rings. The number of rotatable bonds is 6. The van der Waals surface area contributed by atoms with Gasteiger partial charge in [0, 0.05) is 0 Å². The van der Waals surface area contributed by atoms with E-state index in [1.165, 1.54) is 0 Å². The topological polar surface area (TPSA) is 66.8 Å². The van der Waals surface area contributed by atoms with Crippen LogP contribution in [0.25, 0.3) is 0 Å². The molecule has 0 aliphatic carbocycles. The van der Waals surface area contributed by atoms with Crippen LogP contribution in [0.1, 0.15) is 31.7 Å². The summed E-state index contributed by atoms with van der Waals surface area (Å²) < 4.78 is 15.4. The summed E-state index contributed by atoms with van der Waals surface area (Å²) >= 11 is 0. The largest absolute Gasteiger partial charge is 0.524 e. The van der Waals surface area contributed by atoms with Gasteiger partial charge in [-0.15, -0.1) is 0 Å². The first-order valence-corrected chi connectivity index (χ1v) is 6.89. The number of unbranched alkanes of at least 4 members (excludes halogenated alkanes) is 2. The maximum atomic E-state index is 10.8. The first kappa shape index (κ1) is 13.2. The van der Waals surface area contributed by atoms with E-state index >= 15 is 0 Å². The number of para-hydroxylation sites is 1. The van der Waals surface area contributed by atoms with Crippen molar-refractivity contribution in [1.29, 1.82) is 0 Å². The molecule has 0 fully saturated rings.